The van der Waals surface area contributed by atoms with E-state index in [4.69, 9.17) is 0 Å². The Balaban J connectivity index is 2.21. The van der Waals surface area contributed by atoms with Gasteiger partial charge in [0.1, 0.15) is 5.82 Å². The highest BCUT2D eigenvalue weighted by Gasteiger charge is 2.08. The van der Waals surface area contributed by atoms with Crippen molar-refractivity contribution in [3.8, 4) is 0 Å². The van der Waals surface area contributed by atoms with Crippen molar-refractivity contribution in [2.24, 2.45) is 0 Å². The summed E-state index contributed by atoms with van der Waals surface area (Å²) in [4.78, 5) is 23.1. The molecule has 0 saturated carbocycles. The highest BCUT2D eigenvalue weighted by molar-refractivity contribution is 5.83. The molecule has 0 bridgehead atoms. The van der Waals surface area contributed by atoms with E-state index in [2.05, 4.69) is 16.0 Å². The molecule has 0 aliphatic rings. The number of benzene rings is 1. The van der Waals surface area contributed by atoms with Gasteiger partial charge in [0.05, 0.1) is 6.54 Å². The predicted octanol–water partition coefficient (Wildman–Crippen LogP) is 1.93. The molecule has 1 atom stereocenters. The number of halogens is 1. The van der Waals surface area contributed by atoms with Gasteiger partial charge in [-0.2, -0.15) is 0 Å². The fourth-order valence-electron chi connectivity index (χ4n) is 1.84. The van der Waals surface area contributed by atoms with Crippen LogP contribution in [0.2, 0.25) is 0 Å². The molecule has 1 aromatic carbocycles. The molecule has 0 heterocycles. The zero-order valence-electron chi connectivity index (χ0n) is 12.4. The van der Waals surface area contributed by atoms with E-state index >= 15 is 0 Å². The van der Waals surface area contributed by atoms with Crippen molar-refractivity contribution < 1.29 is 14.0 Å². The second-order valence-electron chi connectivity index (χ2n) is 4.92. The fraction of sp³-hybridized carbons (Fsp3) is 0.467. The van der Waals surface area contributed by atoms with Crippen molar-refractivity contribution in [3.05, 3.63) is 35.6 Å². The number of carbonyl (C=O) groups is 2. The quantitative estimate of drug-likeness (QED) is 0.719. The molecule has 0 radical (unpaired) electrons. The third-order valence-corrected chi connectivity index (χ3v) is 2.90. The molecule has 116 valence electrons. The topological polar surface area (TPSA) is 70.2 Å². The Morgan fingerprint density at radius 3 is 2.48 bits per heavy atom. The number of hydrogen-bond donors (Lipinski definition) is 3. The normalized spacial score (nSPS) is 11.6. The Morgan fingerprint density at radius 1 is 1.19 bits per heavy atom. The van der Waals surface area contributed by atoms with Crippen molar-refractivity contribution in [2.45, 2.75) is 39.3 Å². The molecule has 0 aromatic heterocycles. The molecular weight excluding hydrogens is 273 g/mol. The van der Waals surface area contributed by atoms with Crippen LogP contribution in [0.4, 0.5) is 9.18 Å². The first-order valence-corrected chi connectivity index (χ1v) is 7.06. The predicted molar refractivity (Wildman–Crippen MR) is 79.2 cm³/mol. The first-order valence-electron chi connectivity index (χ1n) is 7.06. The Morgan fingerprint density at radius 2 is 1.86 bits per heavy atom. The van der Waals surface area contributed by atoms with Crippen LogP contribution in [0.5, 0.6) is 0 Å². The molecule has 0 fully saturated rings. The molecule has 1 rings (SSSR count). The molecule has 21 heavy (non-hydrogen) atoms. The van der Waals surface area contributed by atoms with Gasteiger partial charge in [0.2, 0.25) is 5.91 Å². The average molecular weight is 295 g/mol. The standard InChI is InChI=1S/C15H22FN3O2/c1-3-4-11(2)19-14(20)10-18-15(21)17-9-12-5-7-13(16)8-6-12/h5-8,11H,3-4,9-10H2,1-2H3,(H,19,20)(H2,17,18,21)/t11-/m0/s1. The van der Waals surface area contributed by atoms with Gasteiger partial charge in [-0.25, -0.2) is 9.18 Å². The Hall–Kier alpha value is -2.11. The van der Waals surface area contributed by atoms with Crippen LogP contribution in [0.3, 0.4) is 0 Å². The minimum Gasteiger partial charge on any atom is -0.352 e. The summed E-state index contributed by atoms with van der Waals surface area (Å²) in [5.41, 5.74) is 0.785. The summed E-state index contributed by atoms with van der Waals surface area (Å²) < 4.78 is 12.7. The van der Waals surface area contributed by atoms with E-state index < -0.39 is 6.03 Å². The molecule has 1 aromatic rings. The van der Waals surface area contributed by atoms with E-state index in [0.29, 0.717) is 0 Å². The smallest absolute Gasteiger partial charge is 0.315 e. The molecule has 0 unspecified atom stereocenters. The second kappa shape index (κ2) is 8.94. The van der Waals surface area contributed by atoms with E-state index in [1.165, 1.54) is 12.1 Å². The summed E-state index contributed by atoms with van der Waals surface area (Å²) in [5, 5.41) is 7.87. The minimum absolute atomic E-state index is 0.0662. The van der Waals surface area contributed by atoms with Crippen molar-refractivity contribution in [2.75, 3.05) is 6.54 Å². The molecule has 0 aliphatic heterocycles. The fourth-order valence-corrected chi connectivity index (χ4v) is 1.84. The summed E-state index contributed by atoms with van der Waals surface area (Å²) in [6, 6.07) is 5.52. The van der Waals surface area contributed by atoms with Gasteiger partial charge < -0.3 is 16.0 Å². The third kappa shape index (κ3) is 7.29. The Labute approximate surface area is 124 Å². The molecule has 0 saturated heterocycles. The zero-order chi connectivity index (χ0) is 15.7. The molecule has 3 amide bonds. The number of hydrogen-bond acceptors (Lipinski definition) is 2. The Bertz CT molecular complexity index is 462. The van der Waals surface area contributed by atoms with Crippen molar-refractivity contribution in [1.29, 1.82) is 0 Å². The van der Waals surface area contributed by atoms with E-state index in [-0.39, 0.29) is 30.9 Å². The summed E-state index contributed by atoms with van der Waals surface area (Å²) in [7, 11) is 0. The minimum atomic E-state index is -0.433. The highest BCUT2D eigenvalue weighted by atomic mass is 19.1. The van der Waals surface area contributed by atoms with Crippen LogP contribution in [0.1, 0.15) is 32.3 Å². The second-order valence-corrected chi connectivity index (χ2v) is 4.92. The SMILES string of the molecule is CCC[C@H](C)NC(=O)CNC(=O)NCc1ccc(F)cc1. The van der Waals surface area contributed by atoms with Crippen LogP contribution >= 0.6 is 0 Å². The molecule has 6 heteroatoms. The maximum Gasteiger partial charge on any atom is 0.315 e. The zero-order valence-corrected chi connectivity index (χ0v) is 12.4. The summed E-state index contributed by atoms with van der Waals surface area (Å²) in [5.74, 6) is -0.533. The third-order valence-electron chi connectivity index (χ3n) is 2.90. The molecule has 3 N–H and O–H groups in total. The van der Waals surface area contributed by atoms with Crippen molar-refractivity contribution in [1.82, 2.24) is 16.0 Å². The lowest BCUT2D eigenvalue weighted by Crippen LogP contribution is -2.44. The monoisotopic (exact) mass is 295 g/mol. The van der Waals surface area contributed by atoms with E-state index in [1.807, 2.05) is 13.8 Å². The van der Waals surface area contributed by atoms with Crippen LogP contribution in [-0.2, 0) is 11.3 Å². The van der Waals surface area contributed by atoms with Crippen LogP contribution < -0.4 is 16.0 Å². The molecule has 0 aliphatic carbocycles. The van der Waals surface area contributed by atoms with Crippen LogP contribution in [0.25, 0.3) is 0 Å². The highest BCUT2D eigenvalue weighted by Crippen LogP contribution is 2.01. The number of carbonyl (C=O) groups excluding carboxylic acids is 2. The van der Waals surface area contributed by atoms with Gasteiger partial charge in [0.25, 0.3) is 0 Å². The number of urea groups is 1. The first kappa shape index (κ1) is 16.9. The lowest BCUT2D eigenvalue weighted by Gasteiger charge is -2.13. The largest absolute Gasteiger partial charge is 0.352 e. The van der Waals surface area contributed by atoms with Gasteiger partial charge in [0.15, 0.2) is 0 Å². The van der Waals surface area contributed by atoms with Gasteiger partial charge in [-0.3, -0.25) is 4.79 Å². The van der Waals surface area contributed by atoms with Gasteiger partial charge in [-0.15, -0.1) is 0 Å². The number of nitrogens with one attached hydrogen (secondary N) is 3. The average Bonchev–Trinajstić information content (AvgIpc) is 2.44. The summed E-state index contributed by atoms with van der Waals surface area (Å²) in [6.45, 7) is 4.18. The van der Waals surface area contributed by atoms with E-state index in [9.17, 15) is 14.0 Å². The molecule has 0 spiro atoms. The van der Waals surface area contributed by atoms with Gasteiger partial charge in [0, 0.05) is 12.6 Å². The maximum atomic E-state index is 12.7. The number of amides is 3. The first-order chi connectivity index (χ1) is 10.0. The molecule has 5 nitrogen and oxygen atoms in total. The van der Waals surface area contributed by atoms with Crippen LogP contribution in [0, 0.1) is 5.82 Å². The van der Waals surface area contributed by atoms with Crippen molar-refractivity contribution >= 4 is 11.9 Å². The van der Waals surface area contributed by atoms with Crippen molar-refractivity contribution in [3.63, 3.8) is 0 Å². The van der Waals surface area contributed by atoms with Gasteiger partial charge >= 0.3 is 6.03 Å². The van der Waals surface area contributed by atoms with E-state index in [0.717, 1.165) is 18.4 Å². The summed E-state index contributed by atoms with van der Waals surface area (Å²) >= 11 is 0. The van der Waals surface area contributed by atoms with Crippen LogP contribution in [0.15, 0.2) is 24.3 Å². The number of rotatable bonds is 7. The lowest BCUT2D eigenvalue weighted by molar-refractivity contribution is -0.120. The van der Waals surface area contributed by atoms with Crippen LogP contribution in [-0.4, -0.2) is 24.5 Å². The molecular formula is C15H22FN3O2. The summed E-state index contributed by atoms with van der Waals surface area (Å²) in [6.07, 6.45) is 1.90. The maximum absolute atomic E-state index is 12.7. The van der Waals surface area contributed by atoms with Gasteiger partial charge in [-0.1, -0.05) is 25.5 Å². The Kier molecular flexibility index (Phi) is 7.21. The lowest BCUT2D eigenvalue weighted by atomic mass is 10.2. The van der Waals surface area contributed by atoms with Gasteiger partial charge in [-0.05, 0) is 31.0 Å². The van der Waals surface area contributed by atoms with E-state index in [1.54, 1.807) is 12.1 Å².